The van der Waals surface area contributed by atoms with Crippen molar-refractivity contribution in [2.75, 3.05) is 29.5 Å². The Kier molecular flexibility index (Phi) is 5.18. The second-order valence-electron chi connectivity index (χ2n) is 6.20. The summed E-state index contributed by atoms with van der Waals surface area (Å²) in [6, 6.07) is 5.34. The molecule has 2 aliphatic heterocycles. The van der Waals surface area contributed by atoms with Crippen LogP contribution in [-0.4, -0.2) is 46.9 Å². The van der Waals surface area contributed by atoms with Crippen molar-refractivity contribution < 1.29 is 14.3 Å². The number of ketones is 1. The molecule has 0 spiro atoms. The topological polar surface area (TPSA) is 93.2 Å². The summed E-state index contributed by atoms with van der Waals surface area (Å²) < 4.78 is 6.32. The summed E-state index contributed by atoms with van der Waals surface area (Å²) in [4.78, 5) is 23.8. The minimum atomic E-state index is -0.0316. The summed E-state index contributed by atoms with van der Waals surface area (Å²) >= 11 is 2.82. The monoisotopic (exact) mass is 390 g/mol. The van der Waals surface area contributed by atoms with E-state index in [1.807, 2.05) is 0 Å². The third kappa shape index (κ3) is 4.05. The van der Waals surface area contributed by atoms with Crippen molar-refractivity contribution in [1.29, 1.82) is 0 Å². The summed E-state index contributed by atoms with van der Waals surface area (Å²) in [6.07, 6.45) is 2.76. The van der Waals surface area contributed by atoms with Gasteiger partial charge in [0.2, 0.25) is 11.0 Å². The second-order valence-corrected chi connectivity index (χ2v) is 8.40. The van der Waals surface area contributed by atoms with Gasteiger partial charge in [-0.25, -0.2) is 0 Å². The summed E-state index contributed by atoms with van der Waals surface area (Å²) in [6.45, 7) is 1.57. The van der Waals surface area contributed by atoms with Gasteiger partial charge in [0.15, 0.2) is 10.1 Å². The Morgan fingerprint density at radius 2 is 2.35 bits per heavy atom. The molecule has 0 aliphatic carbocycles. The minimum absolute atomic E-state index is 0.0150. The highest BCUT2D eigenvalue weighted by Gasteiger charge is 2.20. The van der Waals surface area contributed by atoms with E-state index < -0.39 is 0 Å². The van der Waals surface area contributed by atoms with Crippen molar-refractivity contribution in [2.24, 2.45) is 0 Å². The van der Waals surface area contributed by atoms with E-state index in [0.717, 1.165) is 46.7 Å². The Morgan fingerprint density at radius 3 is 3.19 bits per heavy atom. The van der Waals surface area contributed by atoms with Gasteiger partial charge in [0.25, 0.3) is 0 Å². The van der Waals surface area contributed by atoms with Gasteiger partial charge in [0, 0.05) is 24.4 Å². The van der Waals surface area contributed by atoms with Crippen LogP contribution in [0.15, 0.2) is 22.5 Å². The van der Waals surface area contributed by atoms with Crippen LogP contribution in [0.4, 0.5) is 10.8 Å². The first-order chi connectivity index (χ1) is 12.7. The molecule has 9 heteroatoms. The number of carbonyl (C=O) groups is 2. The molecule has 1 atom stereocenters. The van der Waals surface area contributed by atoms with Crippen LogP contribution in [-0.2, 0) is 16.0 Å². The molecule has 1 amide bonds. The number of carbonyl (C=O) groups excluding carboxylic acids is 2. The molecule has 4 rings (SSSR count). The molecule has 2 aromatic rings. The van der Waals surface area contributed by atoms with Gasteiger partial charge >= 0.3 is 0 Å². The zero-order chi connectivity index (χ0) is 17.9. The third-order valence-electron chi connectivity index (χ3n) is 4.29. The van der Waals surface area contributed by atoms with Crippen LogP contribution in [0.2, 0.25) is 0 Å². The number of aromatic nitrogens is 2. The smallest absolute Gasteiger partial charge is 0.228 e. The van der Waals surface area contributed by atoms with Gasteiger partial charge in [-0.3, -0.25) is 9.59 Å². The first-order valence-corrected chi connectivity index (χ1v) is 10.3. The van der Waals surface area contributed by atoms with E-state index in [1.165, 1.54) is 23.1 Å². The molecule has 2 N–H and O–H groups in total. The number of hydrogen-bond donors (Lipinski definition) is 2. The quantitative estimate of drug-likeness (QED) is 0.554. The first-order valence-electron chi connectivity index (χ1n) is 8.45. The lowest BCUT2D eigenvalue weighted by Crippen LogP contribution is -2.18. The van der Waals surface area contributed by atoms with Crippen molar-refractivity contribution in [1.82, 2.24) is 10.2 Å². The molecule has 7 nitrogen and oxygen atoms in total. The number of Topliss-reactive ketones (excluding diaryl/α,β-unsaturated/α-hetero) is 1. The Morgan fingerprint density at radius 1 is 1.42 bits per heavy atom. The van der Waals surface area contributed by atoms with E-state index in [4.69, 9.17) is 4.74 Å². The summed E-state index contributed by atoms with van der Waals surface area (Å²) in [5, 5.41) is 15.0. The highest BCUT2D eigenvalue weighted by molar-refractivity contribution is 8.01. The molecule has 0 saturated carbocycles. The van der Waals surface area contributed by atoms with E-state index in [1.54, 1.807) is 18.2 Å². The Balaban J connectivity index is 1.29. The SMILES string of the molecule is O=C1Cc2cc(C(=O)CSc3nnc(NCC4CCCO4)s3)ccc2N1. The maximum absolute atomic E-state index is 12.4. The molecule has 0 bridgehead atoms. The Bertz CT molecular complexity index is 833. The number of anilines is 2. The minimum Gasteiger partial charge on any atom is -0.376 e. The maximum atomic E-state index is 12.4. The molecule has 1 unspecified atom stereocenters. The van der Waals surface area contributed by atoms with Crippen LogP contribution < -0.4 is 10.6 Å². The van der Waals surface area contributed by atoms with E-state index in [2.05, 4.69) is 20.8 Å². The van der Waals surface area contributed by atoms with E-state index in [-0.39, 0.29) is 17.8 Å². The van der Waals surface area contributed by atoms with Gasteiger partial charge in [-0.05, 0) is 36.6 Å². The highest BCUT2D eigenvalue weighted by Crippen LogP contribution is 2.28. The van der Waals surface area contributed by atoms with Crippen molar-refractivity contribution in [3.63, 3.8) is 0 Å². The predicted octanol–water partition coefficient (Wildman–Crippen LogP) is 2.60. The number of hydrogen-bond acceptors (Lipinski definition) is 8. The zero-order valence-corrected chi connectivity index (χ0v) is 15.6. The van der Waals surface area contributed by atoms with Crippen LogP contribution in [0.5, 0.6) is 0 Å². The lowest BCUT2D eigenvalue weighted by atomic mass is 10.1. The predicted molar refractivity (Wildman–Crippen MR) is 101 cm³/mol. The molecule has 1 fully saturated rings. The standard InChI is InChI=1S/C17H18N4O3S2/c22-14(10-3-4-13-11(6-10)7-15(23)19-13)9-25-17-21-20-16(26-17)18-8-12-2-1-5-24-12/h3-4,6,12H,1-2,5,7-9H2,(H,18,20)(H,19,23). The van der Waals surface area contributed by atoms with Crippen molar-refractivity contribution >= 4 is 45.6 Å². The molecule has 1 aromatic heterocycles. The van der Waals surface area contributed by atoms with Crippen LogP contribution in [0.1, 0.15) is 28.8 Å². The Hall–Kier alpha value is -1.97. The lowest BCUT2D eigenvalue weighted by molar-refractivity contribution is -0.115. The molecular formula is C17H18N4O3S2. The van der Waals surface area contributed by atoms with Crippen LogP contribution in [0, 0.1) is 0 Å². The number of nitrogens with zero attached hydrogens (tertiary/aromatic N) is 2. The van der Waals surface area contributed by atoms with E-state index in [0.29, 0.717) is 17.7 Å². The summed E-state index contributed by atoms with van der Waals surface area (Å²) in [5.74, 6) is 0.276. The van der Waals surface area contributed by atoms with Gasteiger partial charge in [-0.2, -0.15) is 0 Å². The molecule has 1 saturated heterocycles. The first kappa shape index (κ1) is 17.4. The van der Waals surface area contributed by atoms with Gasteiger partial charge in [-0.15, -0.1) is 10.2 Å². The number of thioether (sulfide) groups is 1. The fraction of sp³-hybridized carbons (Fsp3) is 0.412. The molecule has 136 valence electrons. The van der Waals surface area contributed by atoms with Gasteiger partial charge in [0.1, 0.15) is 0 Å². The van der Waals surface area contributed by atoms with Gasteiger partial charge in [0.05, 0.1) is 18.3 Å². The van der Waals surface area contributed by atoms with Crippen molar-refractivity contribution in [2.45, 2.75) is 29.7 Å². The normalized spacial score (nSPS) is 18.6. The Labute approximate surface area is 158 Å². The zero-order valence-electron chi connectivity index (χ0n) is 14.0. The van der Waals surface area contributed by atoms with Crippen LogP contribution >= 0.6 is 23.1 Å². The fourth-order valence-electron chi connectivity index (χ4n) is 2.96. The number of benzene rings is 1. The lowest BCUT2D eigenvalue weighted by Gasteiger charge is -2.08. The van der Waals surface area contributed by atoms with Crippen LogP contribution in [0.3, 0.4) is 0 Å². The third-order valence-corrected chi connectivity index (χ3v) is 6.30. The molecular weight excluding hydrogens is 372 g/mol. The molecule has 26 heavy (non-hydrogen) atoms. The molecule has 1 aromatic carbocycles. The van der Waals surface area contributed by atoms with Gasteiger partial charge in [-0.1, -0.05) is 23.1 Å². The summed E-state index contributed by atoms with van der Waals surface area (Å²) in [5.41, 5.74) is 2.29. The number of rotatable bonds is 7. The van der Waals surface area contributed by atoms with E-state index >= 15 is 0 Å². The largest absolute Gasteiger partial charge is 0.376 e. The highest BCUT2D eigenvalue weighted by atomic mass is 32.2. The van der Waals surface area contributed by atoms with Gasteiger partial charge < -0.3 is 15.4 Å². The second kappa shape index (κ2) is 7.73. The van der Waals surface area contributed by atoms with Crippen LogP contribution in [0.25, 0.3) is 0 Å². The summed E-state index contributed by atoms with van der Waals surface area (Å²) in [7, 11) is 0. The molecule has 0 radical (unpaired) electrons. The number of ether oxygens (including phenoxy) is 1. The molecule has 3 heterocycles. The number of fused-ring (bicyclic) bond motifs is 1. The number of nitrogens with one attached hydrogen (secondary N) is 2. The average Bonchev–Trinajstić information content (AvgIpc) is 3.37. The molecule has 2 aliphatic rings. The number of amides is 1. The van der Waals surface area contributed by atoms with Crippen molar-refractivity contribution in [3.05, 3.63) is 29.3 Å². The average molecular weight is 390 g/mol. The van der Waals surface area contributed by atoms with Crippen molar-refractivity contribution in [3.8, 4) is 0 Å². The van der Waals surface area contributed by atoms with E-state index in [9.17, 15) is 9.59 Å². The maximum Gasteiger partial charge on any atom is 0.228 e. The fourth-order valence-corrected chi connectivity index (χ4v) is 4.61.